The van der Waals surface area contributed by atoms with E-state index in [-0.39, 0.29) is 0 Å². The fraction of sp³-hybridized carbons (Fsp3) is 0.500. The molecule has 1 aliphatic heterocycles. The molecule has 112 valence electrons. The van der Waals surface area contributed by atoms with Crippen molar-refractivity contribution in [3.63, 3.8) is 0 Å². The monoisotopic (exact) mass is 287 g/mol. The van der Waals surface area contributed by atoms with Crippen LogP contribution in [0.15, 0.2) is 34.7 Å². The molecule has 1 aromatic heterocycles. The lowest BCUT2D eigenvalue weighted by Crippen LogP contribution is -2.37. The molecule has 1 aromatic carbocycles. The first-order chi connectivity index (χ1) is 10.3. The molecule has 0 saturated carbocycles. The van der Waals surface area contributed by atoms with Crippen LogP contribution in [0.25, 0.3) is 0 Å². The smallest absolute Gasteiger partial charge is 0.230 e. The van der Waals surface area contributed by atoms with Crippen molar-refractivity contribution in [2.45, 2.75) is 26.3 Å². The first-order valence-corrected chi connectivity index (χ1v) is 7.49. The molecule has 0 spiro atoms. The Hall–Kier alpha value is -1.88. The molecule has 1 saturated heterocycles. The molecular weight excluding hydrogens is 266 g/mol. The van der Waals surface area contributed by atoms with Gasteiger partial charge < -0.3 is 9.15 Å². The van der Waals surface area contributed by atoms with Crippen LogP contribution in [-0.4, -0.2) is 34.8 Å². The fourth-order valence-corrected chi connectivity index (χ4v) is 2.75. The van der Waals surface area contributed by atoms with Crippen LogP contribution in [0.5, 0.6) is 5.75 Å². The molecule has 0 amide bonds. The molecule has 0 radical (unpaired) electrons. The van der Waals surface area contributed by atoms with Gasteiger partial charge in [0.25, 0.3) is 0 Å². The third-order valence-electron chi connectivity index (χ3n) is 3.76. The maximum atomic E-state index is 5.87. The van der Waals surface area contributed by atoms with Crippen LogP contribution in [-0.2, 0) is 6.54 Å². The van der Waals surface area contributed by atoms with Gasteiger partial charge in [-0.2, -0.15) is 0 Å². The molecule has 1 aliphatic rings. The number of ether oxygens (including phenoxy) is 1. The second-order valence-corrected chi connectivity index (χ2v) is 5.58. The van der Waals surface area contributed by atoms with Crippen molar-refractivity contribution in [1.29, 1.82) is 0 Å². The van der Waals surface area contributed by atoms with Gasteiger partial charge in [-0.25, -0.2) is 0 Å². The zero-order valence-electron chi connectivity index (χ0n) is 12.4. The maximum Gasteiger partial charge on any atom is 0.230 e. The lowest BCUT2D eigenvalue weighted by Gasteiger charge is -2.31. The average molecular weight is 287 g/mol. The predicted molar refractivity (Wildman–Crippen MR) is 79.0 cm³/mol. The molecule has 0 aliphatic carbocycles. The van der Waals surface area contributed by atoms with Gasteiger partial charge in [0.1, 0.15) is 5.75 Å². The minimum absolute atomic E-state index is 0.558. The molecule has 2 aromatic rings. The van der Waals surface area contributed by atoms with Crippen LogP contribution in [0.3, 0.4) is 0 Å². The Morgan fingerprint density at radius 1 is 1.29 bits per heavy atom. The summed E-state index contributed by atoms with van der Waals surface area (Å²) in [7, 11) is 0. The molecule has 21 heavy (non-hydrogen) atoms. The van der Waals surface area contributed by atoms with E-state index in [1.807, 2.05) is 37.3 Å². The van der Waals surface area contributed by atoms with E-state index >= 15 is 0 Å². The second-order valence-electron chi connectivity index (χ2n) is 5.58. The Balaban J connectivity index is 1.49. The van der Waals surface area contributed by atoms with Gasteiger partial charge in [0.05, 0.1) is 13.2 Å². The number of hydrogen-bond acceptors (Lipinski definition) is 5. The van der Waals surface area contributed by atoms with Gasteiger partial charge in [0, 0.05) is 19.4 Å². The van der Waals surface area contributed by atoms with E-state index in [2.05, 4.69) is 15.1 Å². The summed E-state index contributed by atoms with van der Waals surface area (Å²) in [6.07, 6.45) is 2.40. The Labute approximate surface area is 124 Å². The van der Waals surface area contributed by atoms with Crippen molar-refractivity contribution in [3.05, 3.63) is 42.1 Å². The Morgan fingerprint density at radius 3 is 2.90 bits per heavy atom. The Kier molecular flexibility index (Phi) is 4.50. The summed E-state index contributed by atoms with van der Waals surface area (Å²) < 4.78 is 11.3. The summed E-state index contributed by atoms with van der Waals surface area (Å²) in [4.78, 5) is 2.37. The zero-order chi connectivity index (χ0) is 14.5. The van der Waals surface area contributed by atoms with Gasteiger partial charge in [-0.1, -0.05) is 18.2 Å². The number of para-hydroxylation sites is 1. The molecule has 5 nitrogen and oxygen atoms in total. The number of aryl methyl sites for hydroxylation is 1. The molecule has 0 unspecified atom stereocenters. The summed E-state index contributed by atoms with van der Waals surface area (Å²) >= 11 is 0. The fourth-order valence-electron chi connectivity index (χ4n) is 2.75. The SMILES string of the molecule is Cc1nnc(CN2CCC[C@H](COc3ccccc3)C2)o1. The van der Waals surface area contributed by atoms with Crippen LogP contribution in [0.2, 0.25) is 0 Å². The first-order valence-electron chi connectivity index (χ1n) is 7.49. The van der Waals surface area contributed by atoms with Crippen LogP contribution >= 0.6 is 0 Å². The second kappa shape index (κ2) is 6.72. The summed E-state index contributed by atoms with van der Waals surface area (Å²) in [5, 5.41) is 7.95. The first kappa shape index (κ1) is 14.1. The van der Waals surface area contributed by atoms with Crippen LogP contribution < -0.4 is 4.74 Å². The molecule has 0 N–H and O–H groups in total. The Bertz CT molecular complexity index is 556. The summed E-state index contributed by atoms with van der Waals surface area (Å²) in [6, 6.07) is 10.0. The van der Waals surface area contributed by atoms with Crippen molar-refractivity contribution in [2.24, 2.45) is 5.92 Å². The van der Waals surface area contributed by atoms with Gasteiger partial charge in [-0.05, 0) is 31.5 Å². The highest BCUT2D eigenvalue weighted by Crippen LogP contribution is 2.20. The minimum Gasteiger partial charge on any atom is -0.493 e. The number of piperidine rings is 1. The molecule has 5 heteroatoms. The highest BCUT2D eigenvalue weighted by atomic mass is 16.5. The van der Waals surface area contributed by atoms with E-state index in [9.17, 15) is 0 Å². The third kappa shape index (κ3) is 4.04. The summed E-state index contributed by atoms with van der Waals surface area (Å²) in [6.45, 7) is 5.44. The van der Waals surface area contributed by atoms with E-state index in [0.717, 1.165) is 32.0 Å². The molecule has 1 atom stereocenters. The Morgan fingerprint density at radius 2 is 2.14 bits per heavy atom. The van der Waals surface area contributed by atoms with Crippen molar-refractivity contribution < 1.29 is 9.15 Å². The van der Waals surface area contributed by atoms with Gasteiger partial charge in [0.15, 0.2) is 0 Å². The zero-order valence-corrected chi connectivity index (χ0v) is 12.4. The number of hydrogen-bond donors (Lipinski definition) is 0. The van der Waals surface area contributed by atoms with E-state index in [1.54, 1.807) is 0 Å². The highest BCUT2D eigenvalue weighted by Gasteiger charge is 2.22. The molecule has 0 bridgehead atoms. The third-order valence-corrected chi connectivity index (χ3v) is 3.76. The number of rotatable bonds is 5. The summed E-state index contributed by atoms with van der Waals surface area (Å²) in [5.41, 5.74) is 0. The van der Waals surface area contributed by atoms with Crippen molar-refractivity contribution in [2.75, 3.05) is 19.7 Å². The molecule has 3 rings (SSSR count). The van der Waals surface area contributed by atoms with Crippen LogP contribution in [0, 0.1) is 12.8 Å². The number of likely N-dealkylation sites (tertiary alicyclic amines) is 1. The van der Waals surface area contributed by atoms with Crippen LogP contribution in [0.1, 0.15) is 24.6 Å². The van der Waals surface area contributed by atoms with E-state index in [1.165, 1.54) is 12.8 Å². The van der Waals surface area contributed by atoms with Crippen LogP contribution in [0.4, 0.5) is 0 Å². The number of benzene rings is 1. The predicted octanol–water partition coefficient (Wildman–Crippen LogP) is 2.67. The topological polar surface area (TPSA) is 51.4 Å². The van der Waals surface area contributed by atoms with Gasteiger partial charge >= 0.3 is 0 Å². The van der Waals surface area contributed by atoms with Crippen molar-refractivity contribution in [3.8, 4) is 5.75 Å². The van der Waals surface area contributed by atoms with Gasteiger partial charge in [-0.3, -0.25) is 4.90 Å². The molecule has 1 fully saturated rings. The quantitative estimate of drug-likeness (QED) is 0.846. The minimum atomic E-state index is 0.558. The van der Waals surface area contributed by atoms with Gasteiger partial charge in [-0.15, -0.1) is 10.2 Å². The van der Waals surface area contributed by atoms with Crippen molar-refractivity contribution >= 4 is 0 Å². The standard InChI is InChI=1S/C16H21N3O2/c1-13-17-18-16(21-13)11-19-9-5-6-14(10-19)12-20-15-7-3-2-4-8-15/h2-4,7-8,14H,5-6,9-12H2,1H3/t14-/m0/s1. The number of nitrogens with zero attached hydrogens (tertiary/aromatic N) is 3. The molecule has 2 heterocycles. The number of aromatic nitrogens is 2. The van der Waals surface area contributed by atoms with E-state index in [0.29, 0.717) is 17.7 Å². The van der Waals surface area contributed by atoms with E-state index < -0.39 is 0 Å². The molecular formula is C16H21N3O2. The average Bonchev–Trinajstić information content (AvgIpc) is 2.92. The largest absolute Gasteiger partial charge is 0.493 e. The van der Waals surface area contributed by atoms with Crippen molar-refractivity contribution in [1.82, 2.24) is 15.1 Å². The van der Waals surface area contributed by atoms with Gasteiger partial charge in [0.2, 0.25) is 11.8 Å². The lowest BCUT2D eigenvalue weighted by atomic mass is 9.99. The highest BCUT2D eigenvalue weighted by molar-refractivity contribution is 5.20. The lowest BCUT2D eigenvalue weighted by molar-refractivity contribution is 0.117. The maximum absolute atomic E-state index is 5.87. The normalized spacial score (nSPS) is 19.6. The summed E-state index contributed by atoms with van der Waals surface area (Å²) in [5.74, 6) is 2.84. The van der Waals surface area contributed by atoms with E-state index in [4.69, 9.17) is 9.15 Å².